The van der Waals surface area contributed by atoms with Gasteiger partial charge in [-0.3, -0.25) is 4.57 Å². The number of rotatable bonds is 13. The first-order valence-electron chi connectivity index (χ1n) is 32.6. The molecule has 11 heteroatoms. The minimum Gasteiger partial charge on any atom is -0.309 e. The van der Waals surface area contributed by atoms with Gasteiger partial charge < -0.3 is 4.57 Å². The maximum absolute atomic E-state index is 5.44. The van der Waals surface area contributed by atoms with Gasteiger partial charge in [-0.05, 0) is 106 Å². The minimum atomic E-state index is 0.500. The van der Waals surface area contributed by atoms with Gasteiger partial charge in [-0.2, -0.15) is 9.97 Å². The number of hydrogen-bond donors (Lipinski definition) is 0. The minimum absolute atomic E-state index is 0.500. The highest BCUT2D eigenvalue weighted by atomic mass is 15.2. The van der Waals surface area contributed by atoms with E-state index in [1.54, 1.807) is 0 Å². The van der Waals surface area contributed by atoms with Crippen LogP contribution in [0.15, 0.2) is 334 Å². The highest BCUT2D eigenvalue weighted by Gasteiger charge is 2.23. The Bertz CT molecular complexity index is 5710. The van der Waals surface area contributed by atoms with Crippen LogP contribution in [0.3, 0.4) is 0 Å². The second-order valence-corrected chi connectivity index (χ2v) is 24.2. The van der Waals surface area contributed by atoms with Crippen molar-refractivity contribution < 1.29 is 0 Å². The molecule has 0 unspecified atom stereocenters. The molecule has 98 heavy (non-hydrogen) atoms. The SMILES string of the molecule is c1ccc(-c2cc(-c3ccccc3)cc(-c3nc(-c4ccccc4)nc(-n4c5ccccc5c5cc(-c6ccc7c(c6)c6ccccc6n7-c6cc(-c7nc(-c8ccccc8)nc(-c8ccccc8)n7)cc(-c7nc(-c8ccccc8)nc(-c8ccccc8)n7)c6)ccc54)n3)c2)cc1. The Balaban J connectivity index is 0.804. The Hall–Kier alpha value is -13.5. The third kappa shape index (κ3) is 10.7. The molecule has 5 aromatic heterocycles. The molecular formula is C87H55N11. The fourth-order valence-electron chi connectivity index (χ4n) is 13.3. The zero-order chi connectivity index (χ0) is 64.9. The van der Waals surface area contributed by atoms with Gasteiger partial charge in [-0.25, -0.2) is 34.9 Å². The molecule has 13 aromatic carbocycles. The first-order chi connectivity index (χ1) is 48.5. The lowest BCUT2D eigenvalue weighted by molar-refractivity contribution is 0.953. The van der Waals surface area contributed by atoms with Gasteiger partial charge in [-0.15, -0.1) is 0 Å². The van der Waals surface area contributed by atoms with Crippen molar-refractivity contribution in [2.24, 2.45) is 0 Å². The van der Waals surface area contributed by atoms with E-state index in [9.17, 15) is 0 Å². The average molecular weight is 1250 g/mol. The van der Waals surface area contributed by atoms with E-state index in [-0.39, 0.29) is 0 Å². The number of benzene rings is 13. The molecular weight excluding hydrogens is 1200 g/mol. The summed E-state index contributed by atoms with van der Waals surface area (Å²) in [6.07, 6.45) is 0. The lowest BCUT2D eigenvalue weighted by Gasteiger charge is -2.15. The third-order valence-electron chi connectivity index (χ3n) is 18.0. The van der Waals surface area contributed by atoms with Crippen molar-refractivity contribution in [3.05, 3.63) is 334 Å². The first kappa shape index (κ1) is 57.2. The summed E-state index contributed by atoms with van der Waals surface area (Å²) in [5.74, 6) is 4.90. The molecule has 0 N–H and O–H groups in total. The Labute approximate surface area is 564 Å². The van der Waals surface area contributed by atoms with E-state index in [0.717, 1.165) is 127 Å². The zero-order valence-corrected chi connectivity index (χ0v) is 52.7. The van der Waals surface area contributed by atoms with E-state index in [0.29, 0.717) is 52.5 Å². The highest BCUT2D eigenvalue weighted by Crippen LogP contribution is 2.42. The Kier molecular flexibility index (Phi) is 14.3. The summed E-state index contributed by atoms with van der Waals surface area (Å²) in [4.78, 5) is 47.3. The molecule has 18 aromatic rings. The molecule has 11 nitrogen and oxygen atoms in total. The maximum atomic E-state index is 5.44. The van der Waals surface area contributed by atoms with Crippen molar-refractivity contribution in [2.45, 2.75) is 0 Å². The third-order valence-corrected chi connectivity index (χ3v) is 18.0. The average Bonchev–Trinajstić information content (AvgIpc) is 1.56. The smallest absolute Gasteiger partial charge is 0.238 e. The molecule has 0 fully saturated rings. The van der Waals surface area contributed by atoms with Crippen LogP contribution in [0.25, 0.3) is 180 Å². The second-order valence-electron chi connectivity index (χ2n) is 24.2. The van der Waals surface area contributed by atoms with Crippen LogP contribution in [-0.4, -0.2) is 54.0 Å². The fourth-order valence-corrected chi connectivity index (χ4v) is 13.3. The standard InChI is InChI=1S/C87H55N11/c1-8-26-56(27-9-1)65-48-66(57-28-10-2-11-29-57)50-67(49-65)86-94-83(62-38-20-7-21-39-62)95-87(96-86)98-76-43-25-23-41-72(76)74-55-64(45-47-78(74)98)63-44-46-77-73(54-63)71-40-22-24-42-75(71)97(77)70-52-68(84-90-79(58-30-12-3-13-31-58)88-80(91-84)59-32-14-4-15-33-59)51-69(53-70)85-92-81(60-34-16-5-17-35-60)89-82(93-85)61-36-18-6-19-37-61/h1-55H. The Morgan fingerprint density at radius 1 is 0.153 bits per heavy atom. The summed E-state index contributed by atoms with van der Waals surface area (Å²) < 4.78 is 4.52. The molecule has 0 saturated heterocycles. The molecule has 5 heterocycles. The fraction of sp³-hybridized carbons (Fsp3) is 0. The number of fused-ring (bicyclic) bond motifs is 6. The molecule has 0 amide bonds. The molecule has 0 aliphatic rings. The van der Waals surface area contributed by atoms with E-state index in [1.165, 1.54) is 0 Å². The summed E-state index contributed by atoms with van der Waals surface area (Å²) in [5.41, 5.74) is 18.1. The van der Waals surface area contributed by atoms with Crippen LogP contribution in [0.2, 0.25) is 0 Å². The van der Waals surface area contributed by atoms with Gasteiger partial charge in [0.15, 0.2) is 46.6 Å². The Morgan fingerprint density at radius 3 is 0.786 bits per heavy atom. The molecule has 0 aliphatic carbocycles. The van der Waals surface area contributed by atoms with Gasteiger partial charge in [0.2, 0.25) is 5.95 Å². The number of nitrogens with zero attached hydrogens (tertiary/aromatic N) is 11. The lowest BCUT2D eigenvalue weighted by Crippen LogP contribution is -2.06. The van der Waals surface area contributed by atoms with E-state index in [1.807, 2.05) is 152 Å². The van der Waals surface area contributed by atoms with Crippen LogP contribution in [0, 0.1) is 0 Å². The number of para-hydroxylation sites is 2. The van der Waals surface area contributed by atoms with Crippen molar-refractivity contribution in [3.8, 4) is 136 Å². The van der Waals surface area contributed by atoms with E-state index in [2.05, 4.69) is 191 Å². The quantitative estimate of drug-likeness (QED) is 0.111. The summed E-state index contributed by atoms with van der Waals surface area (Å²) >= 11 is 0. The normalized spacial score (nSPS) is 11.5. The van der Waals surface area contributed by atoms with E-state index < -0.39 is 0 Å². The van der Waals surface area contributed by atoms with Crippen LogP contribution >= 0.6 is 0 Å². The van der Waals surface area contributed by atoms with Crippen molar-refractivity contribution in [3.63, 3.8) is 0 Å². The summed E-state index contributed by atoms with van der Waals surface area (Å²) in [7, 11) is 0. The largest absolute Gasteiger partial charge is 0.309 e. The van der Waals surface area contributed by atoms with Crippen molar-refractivity contribution in [2.75, 3.05) is 0 Å². The van der Waals surface area contributed by atoms with Gasteiger partial charge in [0, 0.05) is 71.7 Å². The van der Waals surface area contributed by atoms with Crippen LogP contribution in [-0.2, 0) is 0 Å². The summed E-state index contributed by atoms with van der Waals surface area (Å²) in [5, 5.41) is 4.32. The molecule has 458 valence electrons. The predicted molar refractivity (Wildman–Crippen MR) is 395 cm³/mol. The Morgan fingerprint density at radius 2 is 0.408 bits per heavy atom. The summed E-state index contributed by atoms with van der Waals surface area (Å²) in [6.45, 7) is 0. The second kappa shape index (κ2) is 24.4. The van der Waals surface area contributed by atoms with Crippen LogP contribution in [0.1, 0.15) is 0 Å². The zero-order valence-electron chi connectivity index (χ0n) is 52.7. The summed E-state index contributed by atoms with van der Waals surface area (Å²) in [6, 6.07) is 115. The molecule has 0 bridgehead atoms. The maximum Gasteiger partial charge on any atom is 0.238 e. The van der Waals surface area contributed by atoms with Gasteiger partial charge in [0.1, 0.15) is 0 Å². The van der Waals surface area contributed by atoms with Crippen molar-refractivity contribution in [1.29, 1.82) is 0 Å². The van der Waals surface area contributed by atoms with Crippen LogP contribution in [0.5, 0.6) is 0 Å². The van der Waals surface area contributed by atoms with Crippen LogP contribution in [0.4, 0.5) is 0 Å². The number of hydrogen-bond acceptors (Lipinski definition) is 9. The molecule has 0 atom stereocenters. The molecule has 0 saturated carbocycles. The lowest BCUT2D eigenvalue weighted by atomic mass is 9.96. The van der Waals surface area contributed by atoms with Gasteiger partial charge in [0.25, 0.3) is 0 Å². The molecule has 0 aliphatic heterocycles. The van der Waals surface area contributed by atoms with Crippen LogP contribution < -0.4 is 0 Å². The highest BCUT2D eigenvalue weighted by molar-refractivity contribution is 6.13. The van der Waals surface area contributed by atoms with Crippen molar-refractivity contribution >= 4 is 43.6 Å². The molecule has 0 spiro atoms. The molecule has 18 rings (SSSR count). The van der Waals surface area contributed by atoms with E-state index in [4.69, 9.17) is 44.9 Å². The van der Waals surface area contributed by atoms with Gasteiger partial charge >= 0.3 is 0 Å². The monoisotopic (exact) mass is 1250 g/mol. The molecule has 0 radical (unpaired) electrons. The predicted octanol–water partition coefficient (Wildman–Crippen LogP) is 20.8. The van der Waals surface area contributed by atoms with Crippen molar-refractivity contribution in [1.82, 2.24) is 54.0 Å². The van der Waals surface area contributed by atoms with E-state index >= 15 is 0 Å². The van der Waals surface area contributed by atoms with Gasteiger partial charge in [-0.1, -0.05) is 261 Å². The first-order valence-corrected chi connectivity index (χ1v) is 32.6. The number of aromatic nitrogens is 11. The van der Waals surface area contributed by atoms with Gasteiger partial charge in [0.05, 0.1) is 22.1 Å². The topological polar surface area (TPSA) is 126 Å².